The highest BCUT2D eigenvalue weighted by molar-refractivity contribution is 6.01. The van der Waals surface area contributed by atoms with E-state index in [0.717, 1.165) is 4.90 Å². The Morgan fingerprint density at radius 2 is 1.62 bits per heavy atom. The van der Waals surface area contributed by atoms with Crippen LogP contribution in [0.1, 0.15) is 6.92 Å². The standard InChI is InChI=1S/C18H14N2O4/c1-11(21)20(12-7-3-2-4-8-12)15-16(22)13-9-5-6-10-14(13)19-18(24)17(15)23/h2-10,23H,1H3,(H,19,24). The first-order valence-electron chi connectivity index (χ1n) is 7.24. The number of aromatic hydroxyl groups is 1. The zero-order chi connectivity index (χ0) is 17.3. The Morgan fingerprint density at radius 1 is 1.00 bits per heavy atom. The maximum Gasteiger partial charge on any atom is 0.292 e. The van der Waals surface area contributed by atoms with Gasteiger partial charge in [-0.15, -0.1) is 0 Å². The summed E-state index contributed by atoms with van der Waals surface area (Å²) in [7, 11) is 0. The van der Waals surface area contributed by atoms with Crippen molar-refractivity contribution in [1.82, 2.24) is 4.98 Å². The summed E-state index contributed by atoms with van der Waals surface area (Å²) in [6.45, 7) is 1.26. The van der Waals surface area contributed by atoms with E-state index in [4.69, 9.17) is 0 Å². The summed E-state index contributed by atoms with van der Waals surface area (Å²) in [6, 6.07) is 14.8. The maximum absolute atomic E-state index is 12.9. The first-order chi connectivity index (χ1) is 11.5. The molecule has 0 radical (unpaired) electrons. The van der Waals surface area contributed by atoms with Gasteiger partial charge in [0.2, 0.25) is 17.1 Å². The highest BCUT2D eigenvalue weighted by Gasteiger charge is 2.23. The zero-order valence-electron chi connectivity index (χ0n) is 12.8. The van der Waals surface area contributed by atoms with Crippen molar-refractivity contribution in [1.29, 1.82) is 0 Å². The van der Waals surface area contributed by atoms with Crippen molar-refractivity contribution in [2.75, 3.05) is 4.90 Å². The fraction of sp³-hybridized carbons (Fsp3) is 0.0556. The van der Waals surface area contributed by atoms with Gasteiger partial charge in [-0.1, -0.05) is 30.3 Å². The second-order valence-electron chi connectivity index (χ2n) is 5.22. The number of nitrogens with one attached hydrogen (secondary N) is 1. The molecule has 2 N–H and O–H groups in total. The molecule has 120 valence electrons. The van der Waals surface area contributed by atoms with Crippen LogP contribution in [0, 0.1) is 0 Å². The summed E-state index contributed by atoms with van der Waals surface area (Å²) >= 11 is 0. The Bertz CT molecular complexity index is 1040. The van der Waals surface area contributed by atoms with E-state index >= 15 is 0 Å². The molecule has 24 heavy (non-hydrogen) atoms. The van der Waals surface area contributed by atoms with Crippen molar-refractivity contribution in [3.8, 4) is 5.75 Å². The number of nitrogens with zero attached hydrogens (tertiary/aromatic N) is 1. The molecule has 0 aliphatic rings. The van der Waals surface area contributed by atoms with Gasteiger partial charge in [-0.3, -0.25) is 19.3 Å². The Kier molecular flexibility index (Phi) is 3.87. The summed E-state index contributed by atoms with van der Waals surface area (Å²) < 4.78 is 0. The minimum Gasteiger partial charge on any atom is -0.501 e. The number of para-hydroxylation sites is 2. The first-order valence-corrected chi connectivity index (χ1v) is 7.24. The number of aromatic nitrogens is 1. The normalized spacial score (nSPS) is 10.5. The third-order valence-electron chi connectivity index (χ3n) is 3.63. The lowest BCUT2D eigenvalue weighted by Crippen LogP contribution is -2.28. The van der Waals surface area contributed by atoms with Gasteiger partial charge in [-0.2, -0.15) is 0 Å². The molecule has 3 rings (SSSR count). The molecule has 1 amide bonds. The smallest absolute Gasteiger partial charge is 0.292 e. The van der Waals surface area contributed by atoms with Crippen LogP contribution in [0.3, 0.4) is 0 Å². The van der Waals surface area contributed by atoms with E-state index in [1.165, 1.54) is 13.0 Å². The second-order valence-corrected chi connectivity index (χ2v) is 5.22. The zero-order valence-corrected chi connectivity index (χ0v) is 12.8. The minimum atomic E-state index is -0.842. The molecule has 0 bridgehead atoms. The van der Waals surface area contributed by atoms with Gasteiger partial charge in [0.1, 0.15) is 5.69 Å². The molecule has 0 aliphatic carbocycles. The lowest BCUT2D eigenvalue weighted by molar-refractivity contribution is -0.115. The van der Waals surface area contributed by atoms with E-state index in [0.29, 0.717) is 5.69 Å². The fourth-order valence-corrected chi connectivity index (χ4v) is 2.57. The predicted molar refractivity (Wildman–Crippen MR) is 91.8 cm³/mol. The van der Waals surface area contributed by atoms with Crippen LogP contribution in [-0.2, 0) is 4.79 Å². The van der Waals surface area contributed by atoms with Crippen LogP contribution in [-0.4, -0.2) is 16.0 Å². The number of anilines is 2. The molecule has 3 aromatic rings. The molecular formula is C18H14N2O4. The minimum absolute atomic E-state index is 0.201. The van der Waals surface area contributed by atoms with Crippen LogP contribution in [0.25, 0.3) is 10.9 Å². The van der Waals surface area contributed by atoms with Crippen molar-refractivity contribution >= 4 is 28.2 Å². The van der Waals surface area contributed by atoms with Gasteiger partial charge in [-0.25, -0.2) is 0 Å². The number of carbonyl (C=O) groups is 1. The van der Waals surface area contributed by atoms with Crippen LogP contribution in [0.4, 0.5) is 11.4 Å². The van der Waals surface area contributed by atoms with Crippen molar-refractivity contribution in [2.24, 2.45) is 0 Å². The second kappa shape index (κ2) is 6.00. The van der Waals surface area contributed by atoms with Crippen molar-refractivity contribution in [2.45, 2.75) is 6.92 Å². The predicted octanol–water partition coefficient (Wildman–Crippen LogP) is 2.28. The number of carbonyl (C=O) groups excluding carboxylic acids is 1. The summed E-state index contributed by atoms with van der Waals surface area (Å²) in [6.07, 6.45) is 0. The SMILES string of the molecule is CC(=O)N(c1ccccc1)c1c(O)c(=O)[nH]c2ccccc2c1=O. The Balaban J connectivity index is 2.47. The van der Waals surface area contributed by atoms with E-state index in [1.807, 2.05) is 0 Å². The van der Waals surface area contributed by atoms with E-state index in [2.05, 4.69) is 4.98 Å². The van der Waals surface area contributed by atoms with Gasteiger partial charge in [0.05, 0.1) is 5.52 Å². The molecule has 6 heteroatoms. The average Bonchev–Trinajstić information content (AvgIpc) is 2.67. The molecule has 6 nitrogen and oxygen atoms in total. The number of rotatable bonds is 2. The van der Waals surface area contributed by atoms with E-state index in [9.17, 15) is 19.5 Å². The van der Waals surface area contributed by atoms with Gasteiger partial charge in [0, 0.05) is 18.0 Å². The Morgan fingerprint density at radius 3 is 2.29 bits per heavy atom. The fourth-order valence-electron chi connectivity index (χ4n) is 2.57. The third-order valence-corrected chi connectivity index (χ3v) is 3.63. The van der Waals surface area contributed by atoms with Gasteiger partial charge in [0.25, 0.3) is 5.56 Å². The van der Waals surface area contributed by atoms with Crippen LogP contribution in [0.15, 0.2) is 64.2 Å². The van der Waals surface area contributed by atoms with Crippen LogP contribution in [0.5, 0.6) is 5.75 Å². The van der Waals surface area contributed by atoms with Gasteiger partial charge >= 0.3 is 0 Å². The first kappa shape index (κ1) is 15.5. The Hall–Kier alpha value is -3.41. The van der Waals surface area contributed by atoms with Crippen LogP contribution in [0.2, 0.25) is 0 Å². The molecule has 0 fully saturated rings. The summed E-state index contributed by atoms with van der Waals surface area (Å²) in [5.74, 6) is -1.29. The lowest BCUT2D eigenvalue weighted by Gasteiger charge is -2.20. The molecule has 0 aliphatic heterocycles. The quantitative estimate of drug-likeness (QED) is 0.757. The van der Waals surface area contributed by atoms with Crippen molar-refractivity contribution < 1.29 is 9.90 Å². The monoisotopic (exact) mass is 322 g/mol. The number of hydrogen-bond donors (Lipinski definition) is 2. The lowest BCUT2D eigenvalue weighted by atomic mass is 10.2. The van der Waals surface area contributed by atoms with Crippen LogP contribution >= 0.6 is 0 Å². The largest absolute Gasteiger partial charge is 0.501 e. The molecule has 0 spiro atoms. The molecule has 1 heterocycles. The van der Waals surface area contributed by atoms with Gasteiger partial charge < -0.3 is 10.1 Å². The maximum atomic E-state index is 12.9. The number of H-pyrrole nitrogens is 1. The van der Waals surface area contributed by atoms with E-state index in [-0.39, 0.29) is 16.6 Å². The molecule has 0 unspecified atom stereocenters. The number of amides is 1. The summed E-state index contributed by atoms with van der Waals surface area (Å²) in [4.78, 5) is 40.8. The number of hydrogen-bond acceptors (Lipinski definition) is 4. The molecule has 2 aromatic carbocycles. The topological polar surface area (TPSA) is 90.5 Å². The molecular weight excluding hydrogens is 308 g/mol. The van der Waals surface area contributed by atoms with Gasteiger partial charge in [0.15, 0.2) is 0 Å². The van der Waals surface area contributed by atoms with E-state index < -0.39 is 22.6 Å². The van der Waals surface area contributed by atoms with Gasteiger partial charge in [-0.05, 0) is 24.3 Å². The summed E-state index contributed by atoms with van der Waals surface area (Å²) in [5, 5.41) is 10.5. The van der Waals surface area contributed by atoms with Crippen molar-refractivity contribution in [3.05, 3.63) is 75.2 Å². The molecule has 0 atom stereocenters. The highest BCUT2D eigenvalue weighted by atomic mass is 16.3. The Labute approximate surface area is 136 Å². The number of fused-ring (bicyclic) bond motifs is 1. The molecule has 1 aromatic heterocycles. The average molecular weight is 322 g/mol. The van der Waals surface area contributed by atoms with E-state index in [1.54, 1.807) is 48.5 Å². The third kappa shape index (κ3) is 2.54. The number of aromatic amines is 1. The molecule has 0 saturated heterocycles. The van der Waals surface area contributed by atoms with Crippen LogP contribution < -0.4 is 15.9 Å². The summed E-state index contributed by atoms with van der Waals surface area (Å²) in [5.41, 5.74) is -1.15. The highest BCUT2D eigenvalue weighted by Crippen LogP contribution is 2.28. The van der Waals surface area contributed by atoms with Crippen molar-refractivity contribution in [3.63, 3.8) is 0 Å². The molecule has 0 saturated carbocycles. The number of benzene rings is 2.